The van der Waals surface area contributed by atoms with Crippen LogP contribution in [0.2, 0.25) is 0 Å². The van der Waals surface area contributed by atoms with Gasteiger partial charge in [0.15, 0.2) is 0 Å². The maximum Gasteiger partial charge on any atom is 0.0315 e. The first-order valence-corrected chi connectivity index (χ1v) is 9.74. The molecule has 2 atom stereocenters. The van der Waals surface area contributed by atoms with Gasteiger partial charge in [0.05, 0.1) is 0 Å². The predicted molar refractivity (Wildman–Crippen MR) is 100 cm³/mol. The monoisotopic (exact) mass is 333 g/mol. The van der Waals surface area contributed by atoms with E-state index in [9.17, 15) is 0 Å². The molecule has 130 valence electrons. The van der Waals surface area contributed by atoms with Gasteiger partial charge in [-0.15, -0.1) is 0 Å². The zero-order valence-corrected chi connectivity index (χ0v) is 14.8. The Labute approximate surface area is 150 Å². The lowest BCUT2D eigenvalue weighted by atomic mass is 9.99. The molecule has 1 N–H and O–H groups in total. The van der Waals surface area contributed by atoms with Gasteiger partial charge in [0, 0.05) is 50.5 Å². The Hall–Kier alpha value is -1.71. The molecule has 2 aromatic rings. The molecule has 1 aromatic heterocycles. The number of benzene rings is 1. The van der Waals surface area contributed by atoms with Crippen molar-refractivity contribution < 1.29 is 0 Å². The fraction of sp³-hybridized carbons (Fsp3) is 0.500. The first-order valence-electron chi connectivity index (χ1n) is 9.74. The summed E-state index contributed by atoms with van der Waals surface area (Å²) in [4.78, 5) is 6.96. The first kappa shape index (κ1) is 15.5. The zero-order valence-electron chi connectivity index (χ0n) is 14.8. The van der Waals surface area contributed by atoms with Crippen molar-refractivity contribution in [2.24, 2.45) is 5.41 Å². The highest BCUT2D eigenvalue weighted by Crippen LogP contribution is 2.48. The second-order valence-electron chi connectivity index (χ2n) is 8.35. The van der Waals surface area contributed by atoms with Crippen LogP contribution in [0.1, 0.15) is 41.9 Å². The molecule has 3 nitrogen and oxygen atoms in total. The number of pyridine rings is 1. The topological polar surface area (TPSA) is 28.2 Å². The Morgan fingerprint density at radius 3 is 2.84 bits per heavy atom. The summed E-state index contributed by atoms with van der Waals surface area (Å²) < 4.78 is 0. The fourth-order valence-corrected chi connectivity index (χ4v) is 4.45. The molecule has 0 amide bonds. The van der Waals surface area contributed by atoms with E-state index in [-0.39, 0.29) is 0 Å². The molecule has 2 aliphatic carbocycles. The SMILES string of the molecule is c1ccc([C@H]2C[C@@H]2NCC2(CN3CCc4ccncc4C3)CC2)cc1. The van der Waals surface area contributed by atoms with E-state index >= 15 is 0 Å². The van der Waals surface area contributed by atoms with Crippen LogP contribution < -0.4 is 5.32 Å². The summed E-state index contributed by atoms with van der Waals surface area (Å²) >= 11 is 0. The van der Waals surface area contributed by atoms with E-state index in [1.54, 1.807) is 0 Å². The normalized spacial score (nSPS) is 26.9. The maximum absolute atomic E-state index is 4.31. The van der Waals surface area contributed by atoms with Gasteiger partial charge in [-0.3, -0.25) is 9.88 Å². The molecule has 5 rings (SSSR count). The Kier molecular flexibility index (Phi) is 3.87. The van der Waals surface area contributed by atoms with Crippen LogP contribution in [0.3, 0.4) is 0 Å². The van der Waals surface area contributed by atoms with Gasteiger partial charge in [-0.2, -0.15) is 0 Å². The van der Waals surface area contributed by atoms with Gasteiger partial charge in [-0.05, 0) is 53.9 Å². The zero-order chi connectivity index (χ0) is 16.7. The summed E-state index contributed by atoms with van der Waals surface area (Å²) in [5.41, 5.74) is 4.97. The third kappa shape index (κ3) is 3.36. The van der Waals surface area contributed by atoms with Crippen LogP contribution in [0.15, 0.2) is 48.8 Å². The summed E-state index contributed by atoms with van der Waals surface area (Å²) in [6.45, 7) is 4.73. The highest BCUT2D eigenvalue weighted by molar-refractivity contribution is 5.28. The van der Waals surface area contributed by atoms with Crippen LogP contribution in [-0.2, 0) is 13.0 Å². The third-order valence-corrected chi connectivity index (χ3v) is 6.37. The predicted octanol–water partition coefficient (Wildman–Crippen LogP) is 3.37. The lowest BCUT2D eigenvalue weighted by Crippen LogP contribution is -2.39. The molecule has 0 saturated heterocycles. The van der Waals surface area contributed by atoms with Gasteiger partial charge >= 0.3 is 0 Å². The molecule has 1 aliphatic heterocycles. The lowest BCUT2D eigenvalue weighted by Gasteiger charge is -2.32. The Morgan fingerprint density at radius 1 is 1.12 bits per heavy atom. The van der Waals surface area contributed by atoms with Crippen molar-refractivity contribution >= 4 is 0 Å². The van der Waals surface area contributed by atoms with Crippen LogP contribution in [0, 0.1) is 5.41 Å². The van der Waals surface area contributed by atoms with Crippen LogP contribution in [0.25, 0.3) is 0 Å². The number of hydrogen-bond donors (Lipinski definition) is 1. The Morgan fingerprint density at radius 2 is 2.00 bits per heavy atom. The summed E-state index contributed by atoms with van der Waals surface area (Å²) in [7, 11) is 0. The van der Waals surface area contributed by atoms with E-state index in [0.29, 0.717) is 11.5 Å². The van der Waals surface area contributed by atoms with E-state index in [2.05, 4.69) is 57.8 Å². The number of hydrogen-bond acceptors (Lipinski definition) is 3. The minimum Gasteiger partial charge on any atom is -0.313 e. The number of nitrogens with one attached hydrogen (secondary N) is 1. The van der Waals surface area contributed by atoms with Crippen molar-refractivity contribution in [2.75, 3.05) is 19.6 Å². The second kappa shape index (κ2) is 6.22. The number of rotatable bonds is 6. The molecular weight excluding hydrogens is 306 g/mol. The number of fused-ring (bicyclic) bond motifs is 1. The number of aromatic nitrogens is 1. The molecular formula is C22H27N3. The largest absolute Gasteiger partial charge is 0.313 e. The molecule has 25 heavy (non-hydrogen) atoms. The maximum atomic E-state index is 4.31. The smallest absolute Gasteiger partial charge is 0.0315 e. The number of nitrogens with zero attached hydrogens (tertiary/aromatic N) is 2. The average Bonchev–Trinajstić information content (AvgIpc) is 3.57. The molecule has 3 aliphatic rings. The summed E-state index contributed by atoms with van der Waals surface area (Å²) in [5, 5.41) is 3.88. The van der Waals surface area contributed by atoms with Crippen molar-refractivity contribution in [3.8, 4) is 0 Å². The van der Waals surface area contributed by atoms with Gasteiger partial charge in [-0.1, -0.05) is 30.3 Å². The van der Waals surface area contributed by atoms with Crippen LogP contribution in [0.4, 0.5) is 0 Å². The van der Waals surface area contributed by atoms with Gasteiger partial charge in [0.25, 0.3) is 0 Å². The van der Waals surface area contributed by atoms with Gasteiger partial charge in [0.2, 0.25) is 0 Å². The van der Waals surface area contributed by atoms with Crippen molar-refractivity contribution in [3.05, 3.63) is 65.5 Å². The van der Waals surface area contributed by atoms with Gasteiger partial charge in [-0.25, -0.2) is 0 Å². The van der Waals surface area contributed by atoms with Crippen molar-refractivity contribution in [1.29, 1.82) is 0 Å². The quantitative estimate of drug-likeness (QED) is 0.878. The van der Waals surface area contributed by atoms with Crippen molar-refractivity contribution in [1.82, 2.24) is 15.2 Å². The third-order valence-electron chi connectivity index (χ3n) is 6.37. The molecule has 1 aromatic carbocycles. The van der Waals surface area contributed by atoms with Gasteiger partial charge in [0.1, 0.15) is 0 Å². The molecule has 0 spiro atoms. The van der Waals surface area contributed by atoms with Crippen LogP contribution in [0.5, 0.6) is 0 Å². The fourth-order valence-electron chi connectivity index (χ4n) is 4.45. The summed E-state index contributed by atoms with van der Waals surface area (Å²) in [5.74, 6) is 0.741. The molecule has 0 radical (unpaired) electrons. The van der Waals surface area contributed by atoms with Gasteiger partial charge < -0.3 is 5.32 Å². The minimum atomic E-state index is 0.531. The Balaban J connectivity index is 1.14. The van der Waals surface area contributed by atoms with Crippen LogP contribution >= 0.6 is 0 Å². The lowest BCUT2D eigenvalue weighted by molar-refractivity contribution is 0.199. The van der Waals surface area contributed by atoms with Crippen LogP contribution in [-0.4, -0.2) is 35.6 Å². The van der Waals surface area contributed by atoms with E-state index in [1.165, 1.54) is 62.0 Å². The molecule has 0 unspecified atom stereocenters. The molecule has 2 heterocycles. The Bertz CT molecular complexity index is 738. The van der Waals surface area contributed by atoms with Crippen molar-refractivity contribution in [2.45, 2.75) is 44.2 Å². The summed E-state index contributed by atoms with van der Waals surface area (Å²) in [6.07, 6.45) is 9.26. The average molecular weight is 333 g/mol. The highest BCUT2D eigenvalue weighted by Gasteiger charge is 2.46. The summed E-state index contributed by atoms with van der Waals surface area (Å²) in [6, 6.07) is 13.9. The molecule has 0 bridgehead atoms. The minimum absolute atomic E-state index is 0.531. The standard InChI is InChI=1S/C22H27N3/c1-2-4-18(5-3-1)20-12-21(20)24-15-22(8-9-22)16-25-11-7-17-6-10-23-13-19(17)14-25/h1-6,10,13,20-21,24H,7-9,11-12,14-16H2/t20-,21+/m1/s1. The highest BCUT2D eigenvalue weighted by atomic mass is 15.1. The van der Waals surface area contributed by atoms with E-state index < -0.39 is 0 Å². The van der Waals surface area contributed by atoms with E-state index in [0.717, 1.165) is 12.5 Å². The molecule has 2 saturated carbocycles. The molecule has 3 heteroatoms. The van der Waals surface area contributed by atoms with E-state index in [4.69, 9.17) is 0 Å². The van der Waals surface area contributed by atoms with Crippen molar-refractivity contribution in [3.63, 3.8) is 0 Å². The van der Waals surface area contributed by atoms with E-state index in [1.807, 2.05) is 6.20 Å². The second-order valence-corrected chi connectivity index (χ2v) is 8.35. The molecule has 2 fully saturated rings. The first-order chi connectivity index (χ1) is 12.3.